The lowest BCUT2D eigenvalue weighted by Crippen LogP contribution is -2.22. The average Bonchev–Trinajstić information content (AvgIpc) is 3.52. The van der Waals surface area contributed by atoms with Gasteiger partial charge >= 0.3 is 6.18 Å². The predicted octanol–water partition coefficient (Wildman–Crippen LogP) is 5.62. The second-order valence-electron chi connectivity index (χ2n) is 9.23. The number of nitrogens with zero attached hydrogens (tertiary/aromatic N) is 2. The monoisotopic (exact) mass is 557 g/mol. The van der Waals surface area contributed by atoms with Crippen LogP contribution in [0, 0.1) is 6.92 Å². The van der Waals surface area contributed by atoms with Gasteiger partial charge in [-0.25, -0.2) is 4.98 Å². The lowest BCUT2D eigenvalue weighted by atomic mass is 10.1. The normalized spacial score (nSPS) is 15.5. The molecule has 4 aromatic rings. The van der Waals surface area contributed by atoms with E-state index in [1.807, 2.05) is 4.90 Å². The molecular weight excluding hydrogens is 535 g/mol. The maximum atomic E-state index is 13.5. The predicted molar refractivity (Wildman–Crippen MR) is 142 cm³/mol. The van der Waals surface area contributed by atoms with Gasteiger partial charge in [0.05, 0.1) is 28.3 Å². The number of carbonyl (C=O) groups excluding carboxylic acids is 2. The number of β-amino-alcohol motifs (C(OH)–C–C–N with tert-alkyl or cyclic N) is 1. The summed E-state index contributed by atoms with van der Waals surface area (Å²) in [5.41, 5.74) is 0.316. The average molecular weight is 558 g/mol. The minimum absolute atomic E-state index is 0.0773. The van der Waals surface area contributed by atoms with Crippen molar-refractivity contribution in [3.8, 4) is 0 Å². The number of carbonyl (C=O) groups is 2. The number of imidazole rings is 1. The van der Waals surface area contributed by atoms with Gasteiger partial charge in [-0.15, -0.1) is 0 Å². The van der Waals surface area contributed by atoms with E-state index >= 15 is 0 Å². The van der Waals surface area contributed by atoms with Gasteiger partial charge in [-0.3, -0.25) is 9.59 Å². The van der Waals surface area contributed by atoms with Crippen LogP contribution in [0.1, 0.15) is 38.3 Å². The Morgan fingerprint density at radius 3 is 2.54 bits per heavy atom. The van der Waals surface area contributed by atoms with Gasteiger partial charge in [-0.2, -0.15) is 13.2 Å². The highest BCUT2D eigenvalue weighted by Gasteiger charge is 2.35. The number of hydrogen-bond donors (Lipinski definition) is 4. The molecule has 1 fully saturated rings. The Bertz CT molecular complexity index is 1590. The Morgan fingerprint density at radius 2 is 1.82 bits per heavy atom. The Balaban J connectivity index is 1.55. The zero-order chi connectivity index (χ0) is 27.9. The number of anilines is 3. The van der Waals surface area contributed by atoms with E-state index in [4.69, 9.17) is 11.6 Å². The summed E-state index contributed by atoms with van der Waals surface area (Å²) in [6, 6.07) is 12.3. The number of amides is 2. The van der Waals surface area contributed by atoms with Crippen LogP contribution in [0.2, 0.25) is 5.02 Å². The van der Waals surface area contributed by atoms with Gasteiger partial charge in [0.15, 0.2) is 0 Å². The van der Waals surface area contributed by atoms with Gasteiger partial charge in [0.2, 0.25) is 5.95 Å². The molecule has 1 aliphatic rings. The lowest BCUT2D eigenvalue weighted by molar-refractivity contribution is -0.137. The van der Waals surface area contributed by atoms with Gasteiger partial charge in [-0.05, 0) is 55.3 Å². The van der Waals surface area contributed by atoms with E-state index in [2.05, 4.69) is 20.6 Å². The van der Waals surface area contributed by atoms with Crippen LogP contribution in [-0.4, -0.2) is 46.1 Å². The molecule has 1 unspecified atom stereocenters. The molecule has 0 spiro atoms. The number of aromatic amines is 1. The summed E-state index contributed by atoms with van der Waals surface area (Å²) in [4.78, 5) is 35.9. The van der Waals surface area contributed by atoms with Gasteiger partial charge in [0.1, 0.15) is 5.52 Å². The standard InChI is InChI=1S/C27H23ClF3N5O3/c1-14-20(28)7-4-8-21(14)33-25(39)18-11-15(32-24(38)17-5-2-3-6-19(17)27(29,30)31)12-22-23(18)35-26(34-22)36-10-9-16(37)13-36/h2-8,11-12,16,37H,9-10,13H2,1H3,(H,32,38)(H,33,39)(H,34,35). The third-order valence-electron chi connectivity index (χ3n) is 6.53. The highest BCUT2D eigenvalue weighted by molar-refractivity contribution is 6.31. The van der Waals surface area contributed by atoms with Crippen LogP contribution < -0.4 is 15.5 Å². The number of aliphatic hydroxyl groups is 1. The van der Waals surface area contributed by atoms with Crippen LogP contribution in [0.3, 0.4) is 0 Å². The Hall–Kier alpha value is -4.09. The molecule has 12 heteroatoms. The van der Waals surface area contributed by atoms with E-state index in [9.17, 15) is 27.9 Å². The van der Waals surface area contributed by atoms with Crippen molar-refractivity contribution in [2.24, 2.45) is 0 Å². The van der Waals surface area contributed by atoms with Crippen molar-refractivity contribution in [1.29, 1.82) is 0 Å². The van der Waals surface area contributed by atoms with Crippen LogP contribution in [0.25, 0.3) is 11.0 Å². The number of rotatable bonds is 5. The van der Waals surface area contributed by atoms with E-state index in [0.29, 0.717) is 47.2 Å². The molecule has 5 rings (SSSR count). The van der Waals surface area contributed by atoms with Crippen LogP contribution in [0.5, 0.6) is 0 Å². The first kappa shape index (κ1) is 26.5. The quantitative estimate of drug-likeness (QED) is 0.255. The van der Waals surface area contributed by atoms with Crippen molar-refractivity contribution in [3.63, 3.8) is 0 Å². The van der Waals surface area contributed by atoms with Crippen LogP contribution in [0.15, 0.2) is 54.6 Å². The molecular formula is C27H23ClF3N5O3. The number of halogens is 4. The van der Waals surface area contributed by atoms with Crippen molar-refractivity contribution in [1.82, 2.24) is 9.97 Å². The van der Waals surface area contributed by atoms with Crippen molar-refractivity contribution in [2.45, 2.75) is 25.6 Å². The molecule has 0 bridgehead atoms. The zero-order valence-electron chi connectivity index (χ0n) is 20.6. The molecule has 8 nitrogen and oxygen atoms in total. The number of hydrogen-bond acceptors (Lipinski definition) is 5. The topological polar surface area (TPSA) is 110 Å². The van der Waals surface area contributed by atoms with Gasteiger partial charge in [0.25, 0.3) is 11.8 Å². The smallest absolute Gasteiger partial charge is 0.391 e. The summed E-state index contributed by atoms with van der Waals surface area (Å²) in [7, 11) is 0. The highest BCUT2D eigenvalue weighted by atomic mass is 35.5. The third-order valence-corrected chi connectivity index (χ3v) is 6.94. The zero-order valence-corrected chi connectivity index (χ0v) is 21.3. The molecule has 4 N–H and O–H groups in total. The fourth-order valence-corrected chi connectivity index (χ4v) is 4.67. The molecule has 39 heavy (non-hydrogen) atoms. The Morgan fingerprint density at radius 1 is 1.08 bits per heavy atom. The molecule has 3 aromatic carbocycles. The summed E-state index contributed by atoms with van der Waals surface area (Å²) in [5.74, 6) is -1.13. The molecule has 0 radical (unpaired) electrons. The summed E-state index contributed by atoms with van der Waals surface area (Å²) >= 11 is 6.19. The van der Waals surface area contributed by atoms with Crippen LogP contribution in [-0.2, 0) is 6.18 Å². The number of H-pyrrole nitrogens is 1. The molecule has 1 atom stereocenters. The first-order chi connectivity index (χ1) is 18.5. The minimum atomic E-state index is -4.73. The Kier molecular flexibility index (Phi) is 6.96. The first-order valence-electron chi connectivity index (χ1n) is 12.0. The maximum Gasteiger partial charge on any atom is 0.417 e. The number of benzene rings is 3. The molecule has 1 aromatic heterocycles. The number of fused-ring (bicyclic) bond motifs is 1. The summed E-state index contributed by atoms with van der Waals surface area (Å²) in [5, 5.41) is 15.7. The molecule has 2 heterocycles. The SMILES string of the molecule is Cc1c(Cl)cccc1NC(=O)c1cc(NC(=O)c2ccccc2C(F)(F)F)cc2[nH]c(N3CCC(O)C3)nc12. The first-order valence-corrected chi connectivity index (χ1v) is 12.4. The van der Waals surface area contributed by atoms with Crippen LogP contribution in [0.4, 0.5) is 30.5 Å². The van der Waals surface area contributed by atoms with E-state index in [1.54, 1.807) is 25.1 Å². The van der Waals surface area contributed by atoms with E-state index in [-0.39, 0.29) is 16.8 Å². The fourth-order valence-electron chi connectivity index (χ4n) is 4.49. The fraction of sp³-hybridized carbons (Fsp3) is 0.222. The number of nitrogens with one attached hydrogen (secondary N) is 3. The minimum Gasteiger partial charge on any atom is -0.391 e. The molecule has 2 amide bonds. The van der Waals surface area contributed by atoms with Crippen molar-refractivity contribution < 1.29 is 27.9 Å². The van der Waals surface area contributed by atoms with E-state index in [0.717, 1.165) is 12.1 Å². The van der Waals surface area contributed by atoms with Crippen molar-refractivity contribution >= 4 is 51.8 Å². The van der Waals surface area contributed by atoms with Gasteiger partial charge in [0, 0.05) is 29.5 Å². The molecule has 0 saturated carbocycles. The van der Waals surface area contributed by atoms with E-state index in [1.165, 1.54) is 24.3 Å². The summed E-state index contributed by atoms with van der Waals surface area (Å²) in [6.07, 6.45) is -4.69. The summed E-state index contributed by atoms with van der Waals surface area (Å²) in [6.45, 7) is 2.64. The summed E-state index contributed by atoms with van der Waals surface area (Å²) < 4.78 is 40.5. The second-order valence-corrected chi connectivity index (χ2v) is 9.64. The lowest BCUT2D eigenvalue weighted by Gasteiger charge is -2.14. The number of alkyl halides is 3. The number of aromatic nitrogens is 2. The van der Waals surface area contributed by atoms with Gasteiger partial charge in [-0.1, -0.05) is 29.8 Å². The largest absolute Gasteiger partial charge is 0.417 e. The highest BCUT2D eigenvalue weighted by Crippen LogP contribution is 2.33. The van der Waals surface area contributed by atoms with Crippen molar-refractivity contribution in [2.75, 3.05) is 28.6 Å². The van der Waals surface area contributed by atoms with E-state index < -0.39 is 35.2 Å². The Labute approximate surface area is 225 Å². The molecule has 0 aliphatic carbocycles. The molecule has 202 valence electrons. The van der Waals surface area contributed by atoms with Crippen molar-refractivity contribution in [3.05, 3.63) is 81.9 Å². The van der Waals surface area contributed by atoms with Crippen LogP contribution >= 0.6 is 11.6 Å². The number of aliphatic hydroxyl groups excluding tert-OH is 1. The maximum absolute atomic E-state index is 13.5. The third kappa shape index (κ3) is 5.41. The second kappa shape index (κ2) is 10.2. The molecule has 1 aliphatic heterocycles. The van der Waals surface area contributed by atoms with Gasteiger partial charge < -0.3 is 25.6 Å². The molecule has 1 saturated heterocycles.